The van der Waals surface area contributed by atoms with E-state index in [4.69, 9.17) is 4.84 Å². The maximum atomic E-state index is 12.6. The van der Waals surface area contributed by atoms with Gasteiger partial charge in [-0.05, 0) is 18.2 Å². The first-order chi connectivity index (χ1) is 12.8. The molecule has 0 unspecified atom stereocenters. The van der Waals surface area contributed by atoms with E-state index < -0.39 is 17.6 Å². The van der Waals surface area contributed by atoms with Gasteiger partial charge in [0.1, 0.15) is 6.21 Å². The second kappa shape index (κ2) is 7.58. The second-order valence-corrected chi connectivity index (χ2v) is 6.09. The average Bonchev–Trinajstić information content (AvgIpc) is 3.07. The Labute approximate surface area is 153 Å². The Morgan fingerprint density at radius 1 is 1.37 bits per heavy atom. The number of alkyl halides is 3. The number of amides is 1. The zero-order valence-corrected chi connectivity index (χ0v) is 14.3. The Hall–Kier alpha value is -3.21. The van der Waals surface area contributed by atoms with Crippen LogP contribution in [0.15, 0.2) is 51.9 Å². The van der Waals surface area contributed by atoms with E-state index in [0.29, 0.717) is 10.7 Å². The Bertz CT molecular complexity index is 1060. The highest BCUT2D eigenvalue weighted by Gasteiger charge is 2.30. The summed E-state index contributed by atoms with van der Waals surface area (Å²) in [5.41, 5.74) is -0.849. The summed E-state index contributed by atoms with van der Waals surface area (Å²) in [6, 6.07) is 5.47. The molecule has 7 nitrogen and oxygen atoms in total. The van der Waals surface area contributed by atoms with Gasteiger partial charge >= 0.3 is 6.18 Å². The summed E-state index contributed by atoms with van der Waals surface area (Å²) in [6.07, 6.45) is -2.14. The number of hydrogen-bond donors (Lipinski definition) is 1. The third-order valence-corrected chi connectivity index (χ3v) is 4.03. The van der Waals surface area contributed by atoms with E-state index in [1.807, 2.05) is 0 Å². The summed E-state index contributed by atoms with van der Waals surface area (Å²) in [6.45, 7) is -0.142. The lowest BCUT2D eigenvalue weighted by Crippen LogP contribution is -2.14. The standard InChI is InChI=1S/C16H11F3N4O3S/c17-16(18,19)10-2-1-3-11(6-10)21-13(24)8-20-26-9-12-7-14(25)23-4-5-27-15(23)22-12/h1-8H,9H2,(H,21,24)/b20-8+. The summed E-state index contributed by atoms with van der Waals surface area (Å²) in [4.78, 5) is 33.1. The van der Waals surface area contributed by atoms with Crippen molar-refractivity contribution in [1.29, 1.82) is 0 Å². The number of rotatable bonds is 5. The first-order valence-electron chi connectivity index (χ1n) is 7.42. The highest BCUT2D eigenvalue weighted by atomic mass is 32.1. The molecule has 3 aromatic rings. The Morgan fingerprint density at radius 2 is 2.19 bits per heavy atom. The minimum Gasteiger partial charge on any atom is -0.389 e. The lowest BCUT2D eigenvalue weighted by molar-refractivity contribution is -0.137. The number of carbonyl (C=O) groups is 1. The Morgan fingerprint density at radius 3 is 2.96 bits per heavy atom. The van der Waals surface area contributed by atoms with Gasteiger partial charge in [0.25, 0.3) is 11.5 Å². The molecule has 11 heteroatoms. The number of thiazole rings is 1. The van der Waals surface area contributed by atoms with Crippen LogP contribution in [0, 0.1) is 0 Å². The summed E-state index contributed by atoms with van der Waals surface area (Å²) >= 11 is 1.28. The van der Waals surface area contributed by atoms with Crippen LogP contribution in [0.4, 0.5) is 18.9 Å². The van der Waals surface area contributed by atoms with Gasteiger partial charge in [-0.1, -0.05) is 11.2 Å². The first kappa shape index (κ1) is 18.6. The Balaban J connectivity index is 1.56. The molecule has 1 N–H and O–H groups in total. The fourth-order valence-corrected chi connectivity index (χ4v) is 2.84. The van der Waals surface area contributed by atoms with Crippen molar-refractivity contribution in [2.24, 2.45) is 5.16 Å². The van der Waals surface area contributed by atoms with E-state index in [-0.39, 0.29) is 17.9 Å². The van der Waals surface area contributed by atoms with Crippen LogP contribution >= 0.6 is 11.3 Å². The molecule has 3 rings (SSSR count). The third-order valence-electron chi connectivity index (χ3n) is 3.27. The van der Waals surface area contributed by atoms with Crippen molar-refractivity contribution in [3.05, 3.63) is 63.5 Å². The van der Waals surface area contributed by atoms with E-state index in [9.17, 15) is 22.8 Å². The molecular weight excluding hydrogens is 385 g/mol. The largest absolute Gasteiger partial charge is 0.416 e. The molecular formula is C16H11F3N4O3S. The number of benzene rings is 1. The van der Waals surface area contributed by atoms with Crippen LogP contribution in [0.3, 0.4) is 0 Å². The van der Waals surface area contributed by atoms with Gasteiger partial charge in [-0.2, -0.15) is 13.2 Å². The van der Waals surface area contributed by atoms with Gasteiger partial charge in [0.15, 0.2) is 11.6 Å². The van der Waals surface area contributed by atoms with Gasteiger partial charge in [0, 0.05) is 23.3 Å². The number of hydrogen-bond acceptors (Lipinski definition) is 6. The zero-order valence-electron chi connectivity index (χ0n) is 13.4. The molecule has 27 heavy (non-hydrogen) atoms. The highest BCUT2D eigenvalue weighted by Crippen LogP contribution is 2.30. The minimum absolute atomic E-state index is 0.0286. The van der Waals surface area contributed by atoms with E-state index in [0.717, 1.165) is 18.3 Å². The predicted molar refractivity (Wildman–Crippen MR) is 92.7 cm³/mol. The molecule has 0 spiro atoms. The number of carbonyl (C=O) groups excluding carboxylic acids is 1. The van der Waals surface area contributed by atoms with Gasteiger partial charge in [0.05, 0.1) is 11.3 Å². The fourth-order valence-electron chi connectivity index (χ4n) is 2.10. The number of oxime groups is 1. The molecule has 140 valence electrons. The van der Waals surface area contributed by atoms with Crippen molar-refractivity contribution < 1.29 is 22.8 Å². The zero-order chi connectivity index (χ0) is 19.4. The molecule has 0 aliphatic rings. The fraction of sp³-hybridized carbons (Fsp3) is 0.125. The van der Waals surface area contributed by atoms with Gasteiger partial charge in [0.2, 0.25) is 0 Å². The highest BCUT2D eigenvalue weighted by molar-refractivity contribution is 7.15. The van der Waals surface area contributed by atoms with Crippen molar-refractivity contribution in [2.45, 2.75) is 12.8 Å². The topological polar surface area (TPSA) is 85.1 Å². The van der Waals surface area contributed by atoms with E-state index >= 15 is 0 Å². The van der Waals surface area contributed by atoms with Crippen LogP contribution in [-0.4, -0.2) is 21.5 Å². The normalized spacial score (nSPS) is 11.8. The summed E-state index contributed by atoms with van der Waals surface area (Å²) in [5.74, 6) is -0.768. The first-order valence-corrected chi connectivity index (χ1v) is 8.30. The molecule has 0 saturated heterocycles. The van der Waals surface area contributed by atoms with Crippen molar-refractivity contribution in [2.75, 3.05) is 5.32 Å². The molecule has 2 aromatic heterocycles. The molecule has 1 amide bonds. The van der Waals surface area contributed by atoms with Crippen LogP contribution in [-0.2, 0) is 22.4 Å². The molecule has 0 aliphatic heterocycles. The smallest absolute Gasteiger partial charge is 0.389 e. The van der Waals surface area contributed by atoms with Crippen LogP contribution in [0.1, 0.15) is 11.3 Å². The number of anilines is 1. The lowest BCUT2D eigenvalue weighted by Gasteiger charge is -2.08. The predicted octanol–water partition coefficient (Wildman–Crippen LogP) is 2.92. The van der Waals surface area contributed by atoms with Crippen LogP contribution in [0.2, 0.25) is 0 Å². The summed E-state index contributed by atoms with van der Waals surface area (Å²) in [5, 5.41) is 7.39. The monoisotopic (exact) mass is 396 g/mol. The molecule has 0 radical (unpaired) electrons. The van der Waals surface area contributed by atoms with Crippen LogP contribution < -0.4 is 10.9 Å². The third kappa shape index (κ3) is 4.70. The molecule has 0 aliphatic carbocycles. The summed E-state index contributed by atoms with van der Waals surface area (Å²) < 4.78 is 39.3. The van der Waals surface area contributed by atoms with Crippen LogP contribution in [0.25, 0.3) is 4.96 Å². The number of halogens is 3. The maximum Gasteiger partial charge on any atom is 0.416 e. The quantitative estimate of drug-likeness (QED) is 0.531. The van der Waals surface area contributed by atoms with Crippen LogP contribution in [0.5, 0.6) is 0 Å². The van der Waals surface area contributed by atoms with Gasteiger partial charge in [-0.15, -0.1) is 11.3 Å². The molecule has 0 atom stereocenters. The number of aromatic nitrogens is 2. The van der Waals surface area contributed by atoms with Crippen molar-refractivity contribution in [3.8, 4) is 0 Å². The molecule has 0 bridgehead atoms. The van der Waals surface area contributed by atoms with Gasteiger partial charge < -0.3 is 10.2 Å². The number of fused-ring (bicyclic) bond motifs is 1. The van der Waals surface area contributed by atoms with Gasteiger partial charge in [-0.3, -0.25) is 14.0 Å². The lowest BCUT2D eigenvalue weighted by atomic mass is 10.2. The SMILES string of the molecule is O=C(/C=N/OCc1cc(=O)n2ccsc2n1)Nc1cccc(C(F)(F)F)c1. The molecule has 0 fully saturated rings. The van der Waals surface area contributed by atoms with Crippen molar-refractivity contribution >= 4 is 34.1 Å². The maximum absolute atomic E-state index is 12.6. The molecule has 1 aromatic carbocycles. The number of nitrogens with zero attached hydrogens (tertiary/aromatic N) is 3. The van der Waals surface area contributed by atoms with Crippen molar-refractivity contribution in [3.63, 3.8) is 0 Å². The molecule has 2 heterocycles. The van der Waals surface area contributed by atoms with Gasteiger partial charge in [-0.25, -0.2) is 4.98 Å². The van der Waals surface area contributed by atoms with E-state index in [1.165, 1.54) is 33.9 Å². The van der Waals surface area contributed by atoms with Crippen molar-refractivity contribution in [1.82, 2.24) is 9.38 Å². The Kier molecular flexibility index (Phi) is 5.21. The second-order valence-electron chi connectivity index (χ2n) is 5.22. The van der Waals surface area contributed by atoms with E-state index in [2.05, 4.69) is 15.5 Å². The molecule has 0 saturated carbocycles. The van der Waals surface area contributed by atoms with E-state index in [1.54, 1.807) is 11.6 Å². The number of nitrogens with one attached hydrogen (secondary N) is 1. The average molecular weight is 396 g/mol. The minimum atomic E-state index is -4.51. The summed E-state index contributed by atoms with van der Waals surface area (Å²) in [7, 11) is 0.